The Morgan fingerprint density at radius 2 is 2.14 bits per heavy atom. The fraction of sp³-hybridized carbons (Fsp3) is 0.667. The zero-order valence-electron chi connectivity index (χ0n) is 12.1. The standard InChI is InChI=1S/C15H18BrF3N2O/c16-14-7-13(22-20-14)11-5-6-21(9-11)8-10-1-3-12(4-2-10)15(17,18)19/h1,3,11,13H,2,4-9H2/t11-,13-/m0/s1. The summed E-state index contributed by atoms with van der Waals surface area (Å²) in [6.45, 7) is 2.65. The van der Waals surface area contributed by atoms with Crippen molar-refractivity contribution in [1.29, 1.82) is 0 Å². The molecule has 0 aromatic carbocycles. The summed E-state index contributed by atoms with van der Waals surface area (Å²) in [5.74, 6) is 0.448. The number of likely N-dealkylation sites (tertiary alicyclic amines) is 1. The molecule has 1 aliphatic carbocycles. The molecule has 0 aromatic heterocycles. The number of allylic oxidation sites excluding steroid dienone is 3. The lowest BCUT2D eigenvalue weighted by Gasteiger charge is -2.22. The van der Waals surface area contributed by atoms with E-state index in [2.05, 4.69) is 26.0 Å². The Balaban J connectivity index is 1.51. The van der Waals surface area contributed by atoms with Crippen molar-refractivity contribution in [2.24, 2.45) is 11.1 Å². The molecule has 3 rings (SSSR count). The minimum Gasteiger partial charge on any atom is -0.391 e. The SMILES string of the molecule is FC(F)(F)C1=CC=C(CN2CC[C@H]([C@@H]3CC(Br)=NO3)C2)CC1. The van der Waals surface area contributed by atoms with Gasteiger partial charge in [-0.1, -0.05) is 22.9 Å². The van der Waals surface area contributed by atoms with Crippen molar-refractivity contribution >= 4 is 20.6 Å². The fourth-order valence-electron chi connectivity index (χ4n) is 3.26. The van der Waals surface area contributed by atoms with Crippen molar-refractivity contribution in [3.8, 4) is 0 Å². The Morgan fingerprint density at radius 3 is 2.73 bits per heavy atom. The molecular formula is C15H18BrF3N2O. The molecule has 0 N–H and O–H groups in total. The molecule has 7 heteroatoms. The average molecular weight is 379 g/mol. The second kappa shape index (κ2) is 6.35. The summed E-state index contributed by atoms with van der Waals surface area (Å²) in [7, 11) is 0. The molecule has 2 aliphatic heterocycles. The van der Waals surface area contributed by atoms with E-state index in [1.165, 1.54) is 6.08 Å². The Bertz CT molecular complexity index is 527. The smallest absolute Gasteiger partial charge is 0.391 e. The van der Waals surface area contributed by atoms with Crippen molar-refractivity contribution in [2.45, 2.75) is 38.0 Å². The van der Waals surface area contributed by atoms with Crippen LogP contribution in [0.1, 0.15) is 25.7 Å². The largest absolute Gasteiger partial charge is 0.412 e. The topological polar surface area (TPSA) is 24.8 Å². The molecule has 0 amide bonds. The molecule has 2 heterocycles. The van der Waals surface area contributed by atoms with Gasteiger partial charge in [0.05, 0.1) is 0 Å². The fourth-order valence-corrected chi connectivity index (χ4v) is 3.67. The number of hydrogen-bond acceptors (Lipinski definition) is 3. The van der Waals surface area contributed by atoms with Crippen LogP contribution in [0.2, 0.25) is 0 Å². The Morgan fingerprint density at radius 1 is 1.32 bits per heavy atom. The Hall–Kier alpha value is -0.820. The third-order valence-corrected chi connectivity index (χ3v) is 4.99. The predicted molar refractivity (Wildman–Crippen MR) is 81.9 cm³/mol. The van der Waals surface area contributed by atoms with Crippen LogP contribution in [-0.4, -0.2) is 41.4 Å². The predicted octanol–water partition coefficient (Wildman–Crippen LogP) is 4.01. The first-order chi connectivity index (χ1) is 10.4. The summed E-state index contributed by atoms with van der Waals surface area (Å²) in [5.41, 5.74) is 0.662. The molecule has 3 aliphatic rings. The van der Waals surface area contributed by atoms with Crippen LogP contribution < -0.4 is 0 Å². The quantitative estimate of drug-likeness (QED) is 0.740. The van der Waals surface area contributed by atoms with E-state index < -0.39 is 11.7 Å². The summed E-state index contributed by atoms with van der Waals surface area (Å²) in [6, 6.07) is 0. The monoisotopic (exact) mass is 378 g/mol. The molecule has 0 bridgehead atoms. The van der Waals surface area contributed by atoms with Gasteiger partial charge in [0, 0.05) is 31.0 Å². The van der Waals surface area contributed by atoms with Crippen molar-refractivity contribution in [2.75, 3.05) is 19.6 Å². The van der Waals surface area contributed by atoms with Gasteiger partial charge < -0.3 is 4.84 Å². The van der Waals surface area contributed by atoms with Gasteiger partial charge in [-0.05, 0) is 41.7 Å². The molecule has 2 atom stereocenters. The highest BCUT2D eigenvalue weighted by Crippen LogP contribution is 2.34. The molecule has 122 valence electrons. The highest BCUT2D eigenvalue weighted by molar-refractivity contribution is 9.18. The highest BCUT2D eigenvalue weighted by Gasteiger charge is 2.36. The maximum Gasteiger partial charge on any atom is 0.412 e. The van der Waals surface area contributed by atoms with Gasteiger partial charge in [-0.3, -0.25) is 4.90 Å². The van der Waals surface area contributed by atoms with Crippen LogP contribution >= 0.6 is 15.9 Å². The van der Waals surface area contributed by atoms with E-state index in [4.69, 9.17) is 4.84 Å². The number of hydrogen-bond donors (Lipinski definition) is 0. The van der Waals surface area contributed by atoms with Gasteiger partial charge in [-0.15, -0.1) is 0 Å². The van der Waals surface area contributed by atoms with E-state index >= 15 is 0 Å². The lowest BCUT2D eigenvalue weighted by molar-refractivity contribution is -0.0941. The molecule has 0 spiro atoms. The minimum atomic E-state index is -4.19. The Labute approximate surface area is 136 Å². The van der Waals surface area contributed by atoms with Crippen molar-refractivity contribution in [3.63, 3.8) is 0 Å². The zero-order chi connectivity index (χ0) is 15.7. The van der Waals surface area contributed by atoms with E-state index in [0.717, 1.165) is 42.7 Å². The lowest BCUT2D eigenvalue weighted by atomic mass is 9.97. The first-order valence-electron chi connectivity index (χ1n) is 7.48. The van der Waals surface area contributed by atoms with Crippen LogP contribution in [0.15, 0.2) is 28.5 Å². The second-order valence-corrected chi connectivity index (χ2v) is 7.03. The van der Waals surface area contributed by atoms with Crippen LogP contribution in [0.4, 0.5) is 13.2 Å². The van der Waals surface area contributed by atoms with E-state index in [1.54, 1.807) is 6.08 Å². The lowest BCUT2D eigenvalue weighted by Crippen LogP contribution is -2.28. The molecule has 1 saturated heterocycles. The number of rotatable bonds is 3. The summed E-state index contributed by atoms with van der Waals surface area (Å²) in [4.78, 5) is 7.71. The Kier molecular flexibility index (Phi) is 4.64. The van der Waals surface area contributed by atoms with Crippen LogP contribution in [0.3, 0.4) is 0 Å². The second-order valence-electron chi connectivity index (χ2n) is 6.11. The molecule has 22 heavy (non-hydrogen) atoms. The highest BCUT2D eigenvalue weighted by atomic mass is 79.9. The van der Waals surface area contributed by atoms with Gasteiger partial charge in [0.25, 0.3) is 0 Å². The molecule has 0 saturated carbocycles. The van der Waals surface area contributed by atoms with Crippen LogP contribution in [0.25, 0.3) is 0 Å². The number of halogens is 4. The van der Waals surface area contributed by atoms with E-state index in [1.807, 2.05) is 0 Å². The molecular weight excluding hydrogens is 361 g/mol. The van der Waals surface area contributed by atoms with Crippen molar-refractivity contribution in [3.05, 3.63) is 23.3 Å². The van der Waals surface area contributed by atoms with Crippen LogP contribution in [0.5, 0.6) is 0 Å². The van der Waals surface area contributed by atoms with E-state index in [9.17, 15) is 13.2 Å². The van der Waals surface area contributed by atoms with Crippen molar-refractivity contribution in [1.82, 2.24) is 4.90 Å². The summed E-state index contributed by atoms with van der Waals surface area (Å²) in [6.07, 6.45) is 1.30. The molecule has 0 unspecified atom stereocenters. The van der Waals surface area contributed by atoms with Gasteiger partial charge in [0.1, 0.15) is 10.7 Å². The van der Waals surface area contributed by atoms with Crippen LogP contribution in [-0.2, 0) is 4.84 Å². The number of nitrogens with zero attached hydrogens (tertiary/aromatic N) is 2. The summed E-state index contributed by atoms with van der Waals surface area (Å²) in [5, 5.41) is 3.92. The average Bonchev–Trinajstić information content (AvgIpc) is 3.07. The summed E-state index contributed by atoms with van der Waals surface area (Å²) >= 11 is 3.35. The first kappa shape index (κ1) is 16.1. The van der Waals surface area contributed by atoms with Gasteiger partial charge in [-0.2, -0.15) is 13.2 Å². The van der Waals surface area contributed by atoms with Crippen molar-refractivity contribution < 1.29 is 18.0 Å². The van der Waals surface area contributed by atoms with Crippen LogP contribution in [0, 0.1) is 5.92 Å². The maximum atomic E-state index is 12.6. The van der Waals surface area contributed by atoms with Gasteiger partial charge in [0.2, 0.25) is 0 Å². The summed E-state index contributed by atoms with van der Waals surface area (Å²) < 4.78 is 38.6. The molecule has 0 radical (unpaired) electrons. The maximum absolute atomic E-state index is 12.6. The molecule has 1 fully saturated rings. The minimum absolute atomic E-state index is 0.0964. The van der Waals surface area contributed by atoms with Gasteiger partial charge in [-0.25, -0.2) is 0 Å². The van der Waals surface area contributed by atoms with E-state index in [0.29, 0.717) is 12.3 Å². The van der Waals surface area contributed by atoms with E-state index in [-0.39, 0.29) is 12.5 Å². The molecule has 3 nitrogen and oxygen atoms in total. The third kappa shape index (κ3) is 3.74. The molecule has 0 aromatic rings. The third-order valence-electron chi connectivity index (χ3n) is 4.52. The first-order valence-corrected chi connectivity index (χ1v) is 8.27. The normalized spacial score (nSPS) is 29.9. The van der Waals surface area contributed by atoms with Gasteiger partial charge in [0.15, 0.2) is 0 Å². The zero-order valence-corrected chi connectivity index (χ0v) is 13.7. The number of alkyl halides is 3. The number of oxime groups is 1. The van der Waals surface area contributed by atoms with Gasteiger partial charge >= 0.3 is 6.18 Å².